The van der Waals surface area contributed by atoms with Crippen molar-refractivity contribution in [3.05, 3.63) is 50.6 Å². The van der Waals surface area contributed by atoms with Gasteiger partial charge in [-0.05, 0) is 75.9 Å². The minimum absolute atomic E-state index is 0.686. The van der Waals surface area contributed by atoms with Gasteiger partial charge >= 0.3 is 0 Å². The fourth-order valence-electron chi connectivity index (χ4n) is 1.75. The van der Waals surface area contributed by atoms with Gasteiger partial charge in [0, 0.05) is 6.54 Å². The third-order valence-electron chi connectivity index (χ3n) is 2.79. The van der Waals surface area contributed by atoms with Crippen LogP contribution in [0.1, 0.15) is 11.1 Å². The summed E-state index contributed by atoms with van der Waals surface area (Å²) in [6.07, 6.45) is 1.08. The molecule has 1 heterocycles. The molecule has 2 rings (SSSR count). The monoisotopic (exact) mass is 339 g/mol. The van der Waals surface area contributed by atoms with Gasteiger partial charge in [-0.1, -0.05) is 6.07 Å². The van der Waals surface area contributed by atoms with E-state index in [1.54, 1.807) is 11.3 Å². The summed E-state index contributed by atoms with van der Waals surface area (Å²) in [4.78, 5) is 0. The van der Waals surface area contributed by atoms with Crippen LogP contribution in [0.3, 0.4) is 0 Å². The molecule has 0 unspecified atom stereocenters. The van der Waals surface area contributed by atoms with Crippen molar-refractivity contribution in [1.82, 2.24) is 5.32 Å². The third kappa shape index (κ3) is 4.97. The van der Waals surface area contributed by atoms with Crippen LogP contribution in [0.5, 0.6) is 5.75 Å². The highest BCUT2D eigenvalue weighted by atomic mass is 79.9. The average Bonchev–Trinajstić information content (AvgIpc) is 2.89. The summed E-state index contributed by atoms with van der Waals surface area (Å²) in [6.45, 7) is 4.62. The van der Waals surface area contributed by atoms with Crippen LogP contribution in [0.2, 0.25) is 0 Å². The normalized spacial score (nSPS) is 10.6. The van der Waals surface area contributed by atoms with E-state index in [1.807, 2.05) is 6.07 Å². The number of thiophene rings is 1. The summed E-state index contributed by atoms with van der Waals surface area (Å²) >= 11 is 5.26. The summed E-state index contributed by atoms with van der Waals surface area (Å²) in [5, 5.41) is 7.70. The topological polar surface area (TPSA) is 21.3 Å². The molecule has 0 saturated carbocycles. The minimum atomic E-state index is 0.686. The fraction of sp³-hybridized carbons (Fsp3) is 0.333. The molecule has 1 N–H and O–H groups in total. The Kier molecular flexibility index (Phi) is 5.89. The smallest absolute Gasteiger partial charge is 0.133 e. The zero-order valence-electron chi connectivity index (χ0n) is 11.0. The molecule has 0 aliphatic carbocycles. The van der Waals surface area contributed by atoms with Crippen LogP contribution >= 0.6 is 27.3 Å². The number of hydrogen-bond acceptors (Lipinski definition) is 3. The zero-order valence-corrected chi connectivity index (χ0v) is 13.4. The van der Waals surface area contributed by atoms with Crippen molar-refractivity contribution in [2.75, 3.05) is 19.7 Å². The number of hydrogen-bond donors (Lipinski definition) is 1. The molecular weight excluding hydrogens is 322 g/mol. The van der Waals surface area contributed by atoms with Gasteiger partial charge in [0.05, 0.1) is 4.47 Å². The first-order chi connectivity index (χ1) is 9.25. The summed E-state index contributed by atoms with van der Waals surface area (Å²) in [5.74, 6) is 0.908. The maximum atomic E-state index is 5.72. The third-order valence-corrected chi connectivity index (χ3v) is 4.15. The maximum Gasteiger partial charge on any atom is 0.133 e. The molecule has 4 heteroatoms. The average molecular weight is 340 g/mol. The maximum absolute atomic E-state index is 5.72. The predicted octanol–water partition coefficient (Wildman–Crippen LogP) is 4.03. The van der Waals surface area contributed by atoms with Crippen molar-refractivity contribution in [1.29, 1.82) is 0 Å². The van der Waals surface area contributed by atoms with Crippen molar-refractivity contribution >= 4 is 27.3 Å². The van der Waals surface area contributed by atoms with Gasteiger partial charge in [0.2, 0.25) is 0 Å². The van der Waals surface area contributed by atoms with E-state index in [1.165, 1.54) is 11.1 Å². The van der Waals surface area contributed by atoms with Crippen LogP contribution in [0.25, 0.3) is 0 Å². The first-order valence-corrected chi connectivity index (χ1v) is 8.10. The molecule has 0 atom stereocenters. The van der Waals surface area contributed by atoms with Crippen molar-refractivity contribution < 1.29 is 4.74 Å². The summed E-state index contributed by atoms with van der Waals surface area (Å²) in [5.41, 5.74) is 2.63. The van der Waals surface area contributed by atoms with Crippen molar-refractivity contribution in [2.45, 2.75) is 13.3 Å². The van der Waals surface area contributed by atoms with Gasteiger partial charge in [-0.25, -0.2) is 0 Å². The molecule has 0 radical (unpaired) electrons. The second-order valence-electron chi connectivity index (χ2n) is 4.41. The van der Waals surface area contributed by atoms with E-state index in [-0.39, 0.29) is 0 Å². The van der Waals surface area contributed by atoms with Crippen LogP contribution in [-0.2, 0) is 6.42 Å². The summed E-state index contributed by atoms with van der Waals surface area (Å²) in [7, 11) is 0. The molecule has 0 spiro atoms. The second-order valence-corrected chi connectivity index (χ2v) is 6.05. The quantitative estimate of drug-likeness (QED) is 0.769. The standard InChI is InChI=1S/C15H18BrNOS/c1-12-2-3-15(14(16)10-12)18-8-7-17-6-4-13-5-9-19-11-13/h2-3,5,9-11,17H,4,6-8H2,1H3. The molecule has 0 aliphatic heterocycles. The van der Waals surface area contributed by atoms with Gasteiger partial charge in [0.1, 0.15) is 12.4 Å². The van der Waals surface area contributed by atoms with E-state index in [0.29, 0.717) is 6.61 Å². The lowest BCUT2D eigenvalue weighted by Gasteiger charge is -2.09. The summed E-state index contributed by atoms with van der Waals surface area (Å²) in [6, 6.07) is 8.31. The Hall–Kier alpha value is -0.840. The minimum Gasteiger partial charge on any atom is -0.491 e. The molecule has 0 amide bonds. The van der Waals surface area contributed by atoms with Gasteiger partial charge in [0.25, 0.3) is 0 Å². The van der Waals surface area contributed by atoms with E-state index >= 15 is 0 Å². The SMILES string of the molecule is Cc1ccc(OCCNCCc2ccsc2)c(Br)c1. The van der Waals surface area contributed by atoms with E-state index in [4.69, 9.17) is 4.74 Å². The van der Waals surface area contributed by atoms with Gasteiger partial charge in [-0.3, -0.25) is 0 Å². The highest BCUT2D eigenvalue weighted by molar-refractivity contribution is 9.10. The van der Waals surface area contributed by atoms with Gasteiger partial charge in [0.15, 0.2) is 0 Å². The van der Waals surface area contributed by atoms with Crippen molar-refractivity contribution in [2.24, 2.45) is 0 Å². The molecule has 0 aliphatic rings. The molecular formula is C15H18BrNOS. The molecule has 19 heavy (non-hydrogen) atoms. The molecule has 0 fully saturated rings. The molecule has 1 aromatic carbocycles. The Morgan fingerprint density at radius 1 is 1.26 bits per heavy atom. The van der Waals surface area contributed by atoms with E-state index in [2.05, 4.69) is 57.1 Å². The van der Waals surface area contributed by atoms with Gasteiger partial charge < -0.3 is 10.1 Å². The van der Waals surface area contributed by atoms with E-state index in [0.717, 1.165) is 29.7 Å². The number of rotatable bonds is 7. The zero-order chi connectivity index (χ0) is 13.5. The number of nitrogens with one attached hydrogen (secondary N) is 1. The molecule has 2 nitrogen and oxygen atoms in total. The first-order valence-electron chi connectivity index (χ1n) is 6.36. The Bertz CT molecular complexity index is 499. The van der Waals surface area contributed by atoms with Gasteiger partial charge in [-0.2, -0.15) is 11.3 Å². The van der Waals surface area contributed by atoms with Gasteiger partial charge in [-0.15, -0.1) is 0 Å². The number of ether oxygens (including phenoxy) is 1. The van der Waals surface area contributed by atoms with Crippen LogP contribution in [-0.4, -0.2) is 19.7 Å². The number of halogens is 1. The Balaban J connectivity index is 1.61. The highest BCUT2D eigenvalue weighted by Crippen LogP contribution is 2.25. The summed E-state index contributed by atoms with van der Waals surface area (Å²) < 4.78 is 6.74. The molecule has 102 valence electrons. The van der Waals surface area contributed by atoms with Crippen LogP contribution in [0, 0.1) is 6.92 Å². The van der Waals surface area contributed by atoms with E-state index < -0.39 is 0 Å². The Labute approximate surface area is 126 Å². The lowest BCUT2D eigenvalue weighted by atomic mass is 10.2. The van der Waals surface area contributed by atoms with Crippen molar-refractivity contribution in [3.8, 4) is 5.75 Å². The van der Waals surface area contributed by atoms with Crippen LogP contribution in [0.4, 0.5) is 0 Å². The predicted molar refractivity (Wildman–Crippen MR) is 85.3 cm³/mol. The Morgan fingerprint density at radius 3 is 2.89 bits per heavy atom. The molecule has 1 aromatic heterocycles. The highest BCUT2D eigenvalue weighted by Gasteiger charge is 2.00. The second kappa shape index (κ2) is 7.68. The molecule has 0 saturated heterocycles. The fourth-order valence-corrected chi connectivity index (χ4v) is 3.06. The van der Waals surface area contributed by atoms with E-state index in [9.17, 15) is 0 Å². The van der Waals surface area contributed by atoms with Crippen molar-refractivity contribution in [3.63, 3.8) is 0 Å². The lowest BCUT2D eigenvalue weighted by molar-refractivity contribution is 0.312. The molecule has 0 bridgehead atoms. The number of benzene rings is 1. The van der Waals surface area contributed by atoms with Crippen LogP contribution in [0.15, 0.2) is 39.5 Å². The molecule has 2 aromatic rings. The largest absolute Gasteiger partial charge is 0.491 e. The lowest BCUT2D eigenvalue weighted by Crippen LogP contribution is -2.23. The number of aryl methyl sites for hydroxylation is 1. The van der Waals surface area contributed by atoms with Crippen LogP contribution < -0.4 is 10.1 Å². The Morgan fingerprint density at radius 2 is 2.16 bits per heavy atom. The first kappa shape index (κ1) is 14.6.